The fraction of sp³-hybridized carbons (Fsp3) is 0.929. The molecule has 0 amide bonds. The van der Waals surface area contributed by atoms with Gasteiger partial charge in [-0.25, -0.2) is 0 Å². The van der Waals surface area contributed by atoms with Gasteiger partial charge in [-0.3, -0.25) is 4.79 Å². The summed E-state index contributed by atoms with van der Waals surface area (Å²) in [4.78, 5) is 12.3. The first-order chi connectivity index (χ1) is 8.22. The van der Waals surface area contributed by atoms with Crippen LogP contribution in [-0.2, 0) is 9.53 Å². The lowest BCUT2D eigenvalue weighted by atomic mass is 9.41. The molecule has 4 heteroatoms. The molecule has 0 aliphatic heterocycles. The number of rotatable bonds is 2. The highest BCUT2D eigenvalue weighted by Crippen LogP contribution is 2.68. The zero-order valence-electron chi connectivity index (χ0n) is 11.2. The van der Waals surface area contributed by atoms with Crippen LogP contribution in [0.25, 0.3) is 0 Å². The van der Waals surface area contributed by atoms with Crippen molar-refractivity contribution >= 4 is 5.97 Å². The molecule has 4 saturated carbocycles. The lowest BCUT2D eigenvalue weighted by molar-refractivity contribution is -0.258. The smallest absolute Gasteiger partial charge is 0.312 e. The van der Waals surface area contributed by atoms with Gasteiger partial charge in [0.15, 0.2) is 0 Å². The molecule has 4 bridgehead atoms. The zero-order valence-corrected chi connectivity index (χ0v) is 11.2. The van der Waals surface area contributed by atoms with Gasteiger partial charge in [0.2, 0.25) is 0 Å². The highest BCUT2D eigenvalue weighted by Gasteiger charge is 2.69. The molecule has 2 atom stereocenters. The molecular weight excluding hydrogens is 232 g/mol. The molecule has 2 N–H and O–H groups in total. The van der Waals surface area contributed by atoms with E-state index in [0.717, 1.165) is 6.42 Å². The molecule has 0 saturated heterocycles. The third kappa shape index (κ3) is 1.62. The molecule has 0 radical (unpaired) electrons. The largest absolute Gasteiger partial charge is 0.466 e. The van der Waals surface area contributed by atoms with E-state index in [9.17, 15) is 15.0 Å². The Balaban J connectivity index is 2.00. The number of aliphatic hydroxyl groups is 2. The molecule has 4 nitrogen and oxygen atoms in total. The predicted molar refractivity (Wildman–Crippen MR) is 64.8 cm³/mol. The van der Waals surface area contributed by atoms with Crippen LogP contribution < -0.4 is 0 Å². The van der Waals surface area contributed by atoms with E-state index in [1.54, 1.807) is 6.92 Å². The van der Waals surface area contributed by atoms with Crippen molar-refractivity contribution in [2.45, 2.75) is 63.6 Å². The molecule has 18 heavy (non-hydrogen) atoms. The second-order valence-electron chi connectivity index (χ2n) is 7.32. The van der Waals surface area contributed by atoms with Crippen LogP contribution in [0.5, 0.6) is 0 Å². The van der Waals surface area contributed by atoms with Crippen LogP contribution in [0.2, 0.25) is 0 Å². The van der Waals surface area contributed by atoms with Crippen LogP contribution in [0.3, 0.4) is 0 Å². The van der Waals surface area contributed by atoms with Crippen LogP contribution in [-0.4, -0.2) is 34.0 Å². The van der Waals surface area contributed by atoms with Crippen LogP contribution in [0.15, 0.2) is 0 Å². The third-order valence-corrected chi connectivity index (χ3v) is 4.98. The minimum absolute atomic E-state index is 0.134. The van der Waals surface area contributed by atoms with Gasteiger partial charge in [-0.15, -0.1) is 0 Å². The van der Waals surface area contributed by atoms with E-state index in [1.807, 2.05) is 0 Å². The number of hydrogen-bond acceptors (Lipinski definition) is 4. The van der Waals surface area contributed by atoms with Gasteiger partial charge in [-0.05, 0) is 44.4 Å². The lowest BCUT2D eigenvalue weighted by Crippen LogP contribution is -2.68. The SMILES string of the molecule is CCOC(=O)C12CC3(C)CC(O)(CC(O)(C3)C1)C2. The summed E-state index contributed by atoms with van der Waals surface area (Å²) >= 11 is 0. The highest BCUT2D eigenvalue weighted by molar-refractivity contribution is 5.78. The Morgan fingerprint density at radius 3 is 2.06 bits per heavy atom. The van der Waals surface area contributed by atoms with E-state index in [2.05, 4.69) is 6.92 Å². The third-order valence-electron chi connectivity index (χ3n) is 4.98. The first kappa shape index (κ1) is 12.4. The maximum Gasteiger partial charge on any atom is 0.312 e. The average Bonchev–Trinajstić information content (AvgIpc) is 2.09. The fourth-order valence-electron chi connectivity index (χ4n) is 5.53. The summed E-state index contributed by atoms with van der Waals surface area (Å²) in [5.74, 6) is -0.229. The molecule has 2 unspecified atom stereocenters. The van der Waals surface area contributed by atoms with E-state index >= 15 is 0 Å². The van der Waals surface area contributed by atoms with Crippen molar-refractivity contribution in [2.75, 3.05) is 6.61 Å². The van der Waals surface area contributed by atoms with Crippen molar-refractivity contribution in [2.24, 2.45) is 10.8 Å². The maximum absolute atomic E-state index is 12.3. The standard InChI is InChI=1S/C14H22O4/c1-3-18-10(15)12-4-11(2)5-13(16,7-12)9-14(17,6-11)8-12/h16-17H,3-9H2,1-2H3. The van der Waals surface area contributed by atoms with Crippen molar-refractivity contribution in [3.8, 4) is 0 Å². The number of ether oxygens (including phenoxy) is 1. The van der Waals surface area contributed by atoms with Gasteiger partial charge in [0.05, 0.1) is 23.2 Å². The average molecular weight is 254 g/mol. The molecule has 4 aliphatic carbocycles. The number of esters is 1. The van der Waals surface area contributed by atoms with E-state index in [0.29, 0.717) is 38.7 Å². The van der Waals surface area contributed by atoms with E-state index in [1.165, 1.54) is 0 Å². The van der Waals surface area contributed by atoms with Crippen molar-refractivity contribution in [1.82, 2.24) is 0 Å². The van der Waals surface area contributed by atoms with Crippen LogP contribution in [0.4, 0.5) is 0 Å². The van der Waals surface area contributed by atoms with Crippen LogP contribution in [0, 0.1) is 10.8 Å². The Kier molecular flexibility index (Phi) is 2.27. The van der Waals surface area contributed by atoms with E-state index in [4.69, 9.17) is 4.74 Å². The summed E-state index contributed by atoms with van der Waals surface area (Å²) in [5.41, 5.74) is -2.57. The van der Waals surface area contributed by atoms with Crippen molar-refractivity contribution in [3.63, 3.8) is 0 Å². The Morgan fingerprint density at radius 1 is 1.06 bits per heavy atom. The number of carbonyl (C=O) groups is 1. The van der Waals surface area contributed by atoms with Gasteiger partial charge in [-0.1, -0.05) is 6.92 Å². The van der Waals surface area contributed by atoms with Crippen LogP contribution in [0.1, 0.15) is 52.4 Å². The van der Waals surface area contributed by atoms with Crippen LogP contribution >= 0.6 is 0 Å². The number of hydrogen-bond donors (Lipinski definition) is 2. The maximum atomic E-state index is 12.3. The molecule has 0 aromatic heterocycles. The summed E-state index contributed by atoms with van der Waals surface area (Å²) in [5, 5.41) is 21.3. The quantitative estimate of drug-likeness (QED) is 0.731. The number of carbonyl (C=O) groups excluding carboxylic acids is 1. The molecule has 4 rings (SSSR count). The molecule has 0 aromatic rings. The Labute approximate surface area is 107 Å². The monoisotopic (exact) mass is 254 g/mol. The minimum atomic E-state index is -0.884. The lowest BCUT2D eigenvalue weighted by Gasteiger charge is -2.65. The van der Waals surface area contributed by atoms with Gasteiger partial charge in [0, 0.05) is 6.42 Å². The van der Waals surface area contributed by atoms with E-state index < -0.39 is 16.6 Å². The summed E-state index contributed by atoms with van der Waals surface area (Å²) in [6.07, 6.45) is 3.46. The van der Waals surface area contributed by atoms with Gasteiger partial charge < -0.3 is 14.9 Å². The summed E-state index contributed by atoms with van der Waals surface area (Å²) in [6, 6.07) is 0. The van der Waals surface area contributed by atoms with Crippen molar-refractivity contribution < 1.29 is 19.7 Å². The second kappa shape index (κ2) is 3.28. The van der Waals surface area contributed by atoms with Crippen molar-refractivity contribution in [3.05, 3.63) is 0 Å². The molecule has 0 heterocycles. The van der Waals surface area contributed by atoms with Gasteiger partial charge >= 0.3 is 5.97 Å². The van der Waals surface area contributed by atoms with Gasteiger partial charge in [0.1, 0.15) is 0 Å². The van der Waals surface area contributed by atoms with Crippen molar-refractivity contribution in [1.29, 1.82) is 0 Å². The molecule has 102 valence electrons. The Bertz CT molecular complexity index is 349. The normalized spacial score (nSPS) is 53.6. The summed E-state index contributed by atoms with van der Waals surface area (Å²) in [7, 11) is 0. The molecule has 4 aliphatic rings. The molecule has 0 aromatic carbocycles. The molecular formula is C14H22O4. The highest BCUT2D eigenvalue weighted by atomic mass is 16.5. The Morgan fingerprint density at radius 2 is 1.61 bits per heavy atom. The molecule has 0 spiro atoms. The van der Waals surface area contributed by atoms with E-state index in [-0.39, 0.29) is 11.4 Å². The Hall–Kier alpha value is -0.610. The van der Waals surface area contributed by atoms with Gasteiger partial charge in [-0.2, -0.15) is 0 Å². The first-order valence-electron chi connectivity index (χ1n) is 6.84. The second-order valence-corrected chi connectivity index (χ2v) is 7.32. The fourth-order valence-corrected chi connectivity index (χ4v) is 5.53. The minimum Gasteiger partial charge on any atom is -0.466 e. The molecule has 4 fully saturated rings. The first-order valence-corrected chi connectivity index (χ1v) is 6.84. The zero-order chi connectivity index (χ0) is 13.2. The van der Waals surface area contributed by atoms with Gasteiger partial charge in [0.25, 0.3) is 0 Å². The summed E-state index contributed by atoms with van der Waals surface area (Å²) in [6.45, 7) is 4.23. The topological polar surface area (TPSA) is 66.8 Å². The summed E-state index contributed by atoms with van der Waals surface area (Å²) < 4.78 is 5.20. The predicted octanol–water partition coefficient (Wildman–Crippen LogP) is 1.39.